The van der Waals surface area contributed by atoms with E-state index < -0.39 is 5.54 Å². The molecular formula is C14H17NOS. The van der Waals surface area contributed by atoms with Crippen LogP contribution < -0.4 is 10.5 Å². The summed E-state index contributed by atoms with van der Waals surface area (Å²) in [4.78, 5) is 1.26. The van der Waals surface area contributed by atoms with E-state index in [0.717, 1.165) is 11.3 Å². The second-order valence-electron chi connectivity index (χ2n) is 4.32. The number of thiophene rings is 1. The molecule has 17 heavy (non-hydrogen) atoms. The van der Waals surface area contributed by atoms with Gasteiger partial charge in [-0.15, -0.1) is 11.3 Å². The molecule has 0 saturated heterocycles. The van der Waals surface area contributed by atoms with E-state index in [1.807, 2.05) is 31.2 Å². The summed E-state index contributed by atoms with van der Waals surface area (Å²) < 4.78 is 5.24. The Labute approximate surface area is 106 Å². The van der Waals surface area contributed by atoms with Crippen molar-refractivity contribution in [1.29, 1.82) is 0 Å². The molecular weight excluding hydrogens is 230 g/mol. The molecule has 90 valence electrons. The minimum atomic E-state index is -0.474. The maximum Gasteiger partial charge on any atom is 0.119 e. The van der Waals surface area contributed by atoms with Crippen molar-refractivity contribution in [2.24, 2.45) is 5.73 Å². The van der Waals surface area contributed by atoms with Gasteiger partial charge in [0.05, 0.1) is 12.6 Å². The zero-order valence-electron chi connectivity index (χ0n) is 10.4. The summed E-state index contributed by atoms with van der Waals surface area (Å²) in [7, 11) is 1.67. The third-order valence-corrected chi connectivity index (χ3v) is 3.93. The van der Waals surface area contributed by atoms with Crippen molar-refractivity contribution in [2.45, 2.75) is 19.4 Å². The first-order valence-electron chi connectivity index (χ1n) is 5.53. The number of methoxy groups -OCH3 is 1. The van der Waals surface area contributed by atoms with Gasteiger partial charge in [0.15, 0.2) is 0 Å². The Hall–Kier alpha value is -1.32. The molecule has 1 aromatic heterocycles. The Bertz CT molecular complexity index is 516. The SMILES string of the molecule is COc1cccc(C(C)(N)c2ccsc2C)c1. The molecule has 1 atom stereocenters. The number of nitrogens with two attached hydrogens (primary N) is 1. The molecule has 2 N–H and O–H groups in total. The van der Waals surface area contributed by atoms with E-state index in [2.05, 4.69) is 18.4 Å². The molecule has 1 aromatic carbocycles. The van der Waals surface area contributed by atoms with Crippen LogP contribution in [-0.4, -0.2) is 7.11 Å². The van der Waals surface area contributed by atoms with Gasteiger partial charge in [0.1, 0.15) is 5.75 Å². The van der Waals surface area contributed by atoms with Crippen LogP contribution in [0.5, 0.6) is 5.75 Å². The maximum atomic E-state index is 6.48. The van der Waals surface area contributed by atoms with E-state index >= 15 is 0 Å². The maximum absolute atomic E-state index is 6.48. The molecule has 2 nitrogen and oxygen atoms in total. The van der Waals surface area contributed by atoms with E-state index in [1.54, 1.807) is 18.4 Å². The van der Waals surface area contributed by atoms with Crippen LogP contribution in [0.25, 0.3) is 0 Å². The van der Waals surface area contributed by atoms with E-state index in [9.17, 15) is 0 Å². The summed E-state index contributed by atoms with van der Waals surface area (Å²) in [5, 5.41) is 2.08. The Morgan fingerprint density at radius 2 is 2.06 bits per heavy atom. The summed E-state index contributed by atoms with van der Waals surface area (Å²) in [5.41, 5.74) is 8.25. The predicted molar refractivity (Wildman–Crippen MR) is 72.7 cm³/mol. The average Bonchev–Trinajstić information content (AvgIpc) is 2.76. The molecule has 0 saturated carbocycles. The minimum absolute atomic E-state index is 0.474. The van der Waals surface area contributed by atoms with Crippen molar-refractivity contribution in [3.8, 4) is 5.75 Å². The van der Waals surface area contributed by atoms with E-state index in [-0.39, 0.29) is 0 Å². The Kier molecular flexibility index (Phi) is 3.22. The molecule has 1 unspecified atom stereocenters. The lowest BCUT2D eigenvalue weighted by atomic mass is 9.86. The number of aryl methyl sites for hydroxylation is 1. The summed E-state index contributed by atoms with van der Waals surface area (Å²) in [6, 6.07) is 10.0. The smallest absolute Gasteiger partial charge is 0.119 e. The molecule has 0 aliphatic heterocycles. The second kappa shape index (κ2) is 4.51. The third kappa shape index (κ3) is 2.21. The lowest BCUT2D eigenvalue weighted by Crippen LogP contribution is -2.34. The molecule has 0 radical (unpaired) electrons. The highest BCUT2D eigenvalue weighted by Crippen LogP contribution is 2.32. The molecule has 2 rings (SSSR count). The monoisotopic (exact) mass is 247 g/mol. The average molecular weight is 247 g/mol. The van der Waals surface area contributed by atoms with Crippen LogP contribution in [0.3, 0.4) is 0 Å². The Balaban J connectivity index is 2.47. The predicted octanol–water partition coefficient (Wildman–Crippen LogP) is 3.29. The zero-order valence-corrected chi connectivity index (χ0v) is 11.2. The van der Waals surface area contributed by atoms with Gasteiger partial charge in [0.25, 0.3) is 0 Å². The first-order valence-corrected chi connectivity index (χ1v) is 6.41. The molecule has 0 bridgehead atoms. The lowest BCUT2D eigenvalue weighted by Gasteiger charge is -2.26. The number of ether oxygens (including phenoxy) is 1. The topological polar surface area (TPSA) is 35.2 Å². The number of benzene rings is 1. The highest BCUT2D eigenvalue weighted by molar-refractivity contribution is 7.10. The standard InChI is InChI=1S/C14H17NOS/c1-10-13(7-8-17-10)14(2,15)11-5-4-6-12(9-11)16-3/h4-9H,15H2,1-3H3. The van der Waals surface area contributed by atoms with Crippen molar-refractivity contribution in [3.05, 3.63) is 51.7 Å². The first kappa shape index (κ1) is 12.1. The number of rotatable bonds is 3. The molecule has 0 spiro atoms. The van der Waals surface area contributed by atoms with Crippen LogP contribution in [0.1, 0.15) is 22.9 Å². The van der Waals surface area contributed by atoms with Crippen LogP contribution in [0, 0.1) is 6.92 Å². The summed E-state index contributed by atoms with van der Waals surface area (Å²) in [5.74, 6) is 0.840. The van der Waals surface area contributed by atoms with E-state index in [4.69, 9.17) is 10.5 Å². The molecule has 0 fully saturated rings. The Morgan fingerprint density at radius 3 is 2.65 bits per heavy atom. The molecule has 0 amide bonds. The van der Waals surface area contributed by atoms with Crippen LogP contribution in [0.15, 0.2) is 35.7 Å². The van der Waals surface area contributed by atoms with Gasteiger partial charge in [-0.1, -0.05) is 12.1 Å². The fourth-order valence-electron chi connectivity index (χ4n) is 2.03. The largest absolute Gasteiger partial charge is 0.497 e. The first-order chi connectivity index (χ1) is 8.05. The van der Waals surface area contributed by atoms with Crippen molar-refractivity contribution in [1.82, 2.24) is 0 Å². The van der Waals surface area contributed by atoms with E-state index in [0.29, 0.717) is 0 Å². The van der Waals surface area contributed by atoms with Crippen LogP contribution in [-0.2, 0) is 5.54 Å². The van der Waals surface area contributed by atoms with Crippen molar-refractivity contribution in [2.75, 3.05) is 7.11 Å². The minimum Gasteiger partial charge on any atom is -0.497 e. The normalized spacial score (nSPS) is 14.4. The molecule has 0 aliphatic rings. The summed E-state index contributed by atoms with van der Waals surface area (Å²) in [6.07, 6.45) is 0. The van der Waals surface area contributed by atoms with Gasteiger partial charge < -0.3 is 10.5 Å². The Morgan fingerprint density at radius 1 is 1.29 bits per heavy atom. The fraction of sp³-hybridized carbons (Fsp3) is 0.286. The zero-order chi connectivity index (χ0) is 12.5. The number of hydrogen-bond acceptors (Lipinski definition) is 3. The second-order valence-corrected chi connectivity index (χ2v) is 5.45. The molecule has 0 aliphatic carbocycles. The van der Waals surface area contributed by atoms with Gasteiger partial charge in [-0.3, -0.25) is 0 Å². The van der Waals surface area contributed by atoms with Crippen molar-refractivity contribution in [3.63, 3.8) is 0 Å². The van der Waals surface area contributed by atoms with Crippen LogP contribution >= 0.6 is 11.3 Å². The van der Waals surface area contributed by atoms with E-state index in [1.165, 1.54) is 10.4 Å². The van der Waals surface area contributed by atoms with Gasteiger partial charge in [0, 0.05) is 4.88 Å². The number of hydrogen-bond donors (Lipinski definition) is 1. The summed E-state index contributed by atoms with van der Waals surface area (Å²) >= 11 is 1.72. The lowest BCUT2D eigenvalue weighted by molar-refractivity contribution is 0.413. The highest BCUT2D eigenvalue weighted by atomic mass is 32.1. The summed E-state index contributed by atoms with van der Waals surface area (Å²) in [6.45, 7) is 4.14. The molecule has 3 heteroatoms. The highest BCUT2D eigenvalue weighted by Gasteiger charge is 2.26. The van der Waals surface area contributed by atoms with Crippen molar-refractivity contribution >= 4 is 11.3 Å². The third-order valence-electron chi connectivity index (χ3n) is 3.09. The van der Waals surface area contributed by atoms with Gasteiger partial charge in [-0.05, 0) is 48.6 Å². The van der Waals surface area contributed by atoms with Gasteiger partial charge in [0.2, 0.25) is 0 Å². The van der Waals surface area contributed by atoms with Gasteiger partial charge >= 0.3 is 0 Å². The molecule has 2 aromatic rings. The van der Waals surface area contributed by atoms with Gasteiger partial charge in [-0.2, -0.15) is 0 Å². The van der Waals surface area contributed by atoms with Crippen molar-refractivity contribution < 1.29 is 4.74 Å². The fourth-order valence-corrected chi connectivity index (χ4v) is 2.84. The van der Waals surface area contributed by atoms with Gasteiger partial charge in [-0.25, -0.2) is 0 Å². The van der Waals surface area contributed by atoms with Crippen LogP contribution in [0.2, 0.25) is 0 Å². The van der Waals surface area contributed by atoms with Crippen LogP contribution in [0.4, 0.5) is 0 Å². The quantitative estimate of drug-likeness (QED) is 0.903. The molecule has 1 heterocycles.